The van der Waals surface area contributed by atoms with Crippen LogP contribution in [0.25, 0.3) is 0 Å². The second-order valence-electron chi connectivity index (χ2n) is 2.52. The number of allylic oxidation sites excluding steroid dienone is 3. The lowest BCUT2D eigenvalue weighted by Crippen LogP contribution is -1.91. The molecule has 0 aromatic heterocycles. The van der Waals surface area contributed by atoms with Gasteiger partial charge in [-0.2, -0.15) is 0 Å². The van der Waals surface area contributed by atoms with Crippen molar-refractivity contribution in [3.8, 4) is 0 Å². The van der Waals surface area contributed by atoms with E-state index < -0.39 is 0 Å². The Balaban J connectivity index is 3.02. The van der Waals surface area contributed by atoms with E-state index in [0.717, 1.165) is 12.8 Å². The second kappa shape index (κ2) is 9.44. The van der Waals surface area contributed by atoms with Gasteiger partial charge in [0, 0.05) is 6.54 Å². The first-order valence-electron chi connectivity index (χ1n) is 4.42. The highest BCUT2D eigenvalue weighted by atomic mass is 14.5. The standard InChI is InChI=1S/C10H19N/c1-2-3-4-5-6-7-8-9-10-11/h3-4,8-9H,2,5-7,10-11H2,1H3. The average molecular weight is 153 g/mol. The van der Waals surface area contributed by atoms with Gasteiger partial charge in [0.15, 0.2) is 0 Å². The van der Waals surface area contributed by atoms with Crippen LogP contribution in [-0.4, -0.2) is 6.54 Å². The SMILES string of the molecule is CCC=CCCCC=CCN. The Morgan fingerprint density at radius 3 is 2.18 bits per heavy atom. The molecule has 0 spiro atoms. The smallest absolute Gasteiger partial charge is 0.0106 e. The zero-order valence-electron chi connectivity index (χ0n) is 7.42. The van der Waals surface area contributed by atoms with Crippen LogP contribution < -0.4 is 5.73 Å². The van der Waals surface area contributed by atoms with Gasteiger partial charge >= 0.3 is 0 Å². The lowest BCUT2D eigenvalue weighted by atomic mass is 10.2. The minimum Gasteiger partial charge on any atom is -0.327 e. The fourth-order valence-electron chi connectivity index (χ4n) is 0.852. The quantitative estimate of drug-likeness (QED) is 0.460. The Morgan fingerprint density at radius 2 is 1.64 bits per heavy atom. The van der Waals surface area contributed by atoms with E-state index in [-0.39, 0.29) is 0 Å². The molecule has 0 aromatic carbocycles. The Labute approximate surface area is 70.0 Å². The number of rotatable bonds is 6. The summed E-state index contributed by atoms with van der Waals surface area (Å²) in [4.78, 5) is 0. The normalized spacial score (nSPS) is 11.8. The third kappa shape index (κ3) is 9.44. The average Bonchev–Trinajstić information content (AvgIpc) is 2.03. The molecule has 0 aliphatic heterocycles. The van der Waals surface area contributed by atoms with Gasteiger partial charge < -0.3 is 5.73 Å². The molecule has 0 amide bonds. The summed E-state index contributed by atoms with van der Waals surface area (Å²) in [5, 5.41) is 0. The lowest BCUT2D eigenvalue weighted by Gasteiger charge is -1.89. The predicted molar refractivity (Wildman–Crippen MR) is 51.5 cm³/mol. The fraction of sp³-hybridized carbons (Fsp3) is 0.600. The Kier molecular flexibility index (Phi) is 8.96. The van der Waals surface area contributed by atoms with E-state index in [1.54, 1.807) is 0 Å². The van der Waals surface area contributed by atoms with Gasteiger partial charge in [-0.25, -0.2) is 0 Å². The van der Waals surface area contributed by atoms with Gasteiger partial charge in [-0.15, -0.1) is 0 Å². The minimum absolute atomic E-state index is 0.671. The van der Waals surface area contributed by atoms with E-state index in [9.17, 15) is 0 Å². The van der Waals surface area contributed by atoms with Gasteiger partial charge in [-0.1, -0.05) is 31.2 Å². The van der Waals surface area contributed by atoms with Crippen LogP contribution in [0.15, 0.2) is 24.3 Å². The number of nitrogens with two attached hydrogens (primary N) is 1. The Bertz CT molecular complexity index is 100. The molecule has 64 valence electrons. The summed E-state index contributed by atoms with van der Waals surface area (Å²) in [6.07, 6.45) is 13.4. The van der Waals surface area contributed by atoms with Crippen molar-refractivity contribution >= 4 is 0 Å². The highest BCUT2D eigenvalue weighted by Gasteiger charge is 1.78. The first-order valence-corrected chi connectivity index (χ1v) is 4.42. The molecule has 1 nitrogen and oxygen atoms in total. The molecule has 11 heavy (non-hydrogen) atoms. The summed E-state index contributed by atoms with van der Waals surface area (Å²) in [6.45, 7) is 2.83. The fourth-order valence-corrected chi connectivity index (χ4v) is 0.852. The van der Waals surface area contributed by atoms with E-state index >= 15 is 0 Å². The summed E-state index contributed by atoms with van der Waals surface area (Å²) in [7, 11) is 0. The molecule has 0 bridgehead atoms. The van der Waals surface area contributed by atoms with Crippen molar-refractivity contribution in [1.82, 2.24) is 0 Å². The molecule has 0 aliphatic carbocycles. The van der Waals surface area contributed by atoms with E-state index in [0.29, 0.717) is 6.54 Å². The predicted octanol–water partition coefficient (Wildman–Crippen LogP) is 2.64. The number of hydrogen-bond donors (Lipinski definition) is 1. The summed E-state index contributed by atoms with van der Waals surface area (Å²) in [5.74, 6) is 0. The molecule has 0 saturated heterocycles. The van der Waals surface area contributed by atoms with Crippen LogP contribution in [0.3, 0.4) is 0 Å². The monoisotopic (exact) mass is 153 g/mol. The molecule has 0 saturated carbocycles. The third-order valence-electron chi connectivity index (χ3n) is 1.45. The zero-order valence-corrected chi connectivity index (χ0v) is 7.42. The maximum absolute atomic E-state index is 5.29. The van der Waals surface area contributed by atoms with Gasteiger partial charge in [0.25, 0.3) is 0 Å². The topological polar surface area (TPSA) is 26.0 Å². The molecule has 0 atom stereocenters. The van der Waals surface area contributed by atoms with Crippen LogP contribution in [0.5, 0.6) is 0 Å². The summed E-state index contributed by atoms with van der Waals surface area (Å²) in [6, 6.07) is 0. The molecule has 0 unspecified atom stereocenters. The van der Waals surface area contributed by atoms with Crippen molar-refractivity contribution in [2.45, 2.75) is 32.6 Å². The summed E-state index contributed by atoms with van der Waals surface area (Å²) >= 11 is 0. The van der Waals surface area contributed by atoms with Crippen molar-refractivity contribution < 1.29 is 0 Å². The Morgan fingerprint density at radius 1 is 1.00 bits per heavy atom. The lowest BCUT2D eigenvalue weighted by molar-refractivity contribution is 0.862. The van der Waals surface area contributed by atoms with Gasteiger partial charge in [-0.05, 0) is 25.7 Å². The molecule has 0 radical (unpaired) electrons. The molecule has 0 aromatic rings. The van der Waals surface area contributed by atoms with Gasteiger partial charge in [-0.3, -0.25) is 0 Å². The van der Waals surface area contributed by atoms with Crippen LogP contribution in [0, 0.1) is 0 Å². The molecule has 0 fully saturated rings. The van der Waals surface area contributed by atoms with Crippen molar-refractivity contribution in [3.05, 3.63) is 24.3 Å². The maximum atomic E-state index is 5.29. The molecule has 0 heterocycles. The number of hydrogen-bond acceptors (Lipinski definition) is 1. The summed E-state index contributed by atoms with van der Waals surface area (Å²) < 4.78 is 0. The minimum atomic E-state index is 0.671. The van der Waals surface area contributed by atoms with Crippen LogP contribution in [-0.2, 0) is 0 Å². The zero-order chi connectivity index (χ0) is 8.36. The van der Waals surface area contributed by atoms with Gasteiger partial charge in [0.05, 0.1) is 0 Å². The molecule has 0 aliphatic rings. The van der Waals surface area contributed by atoms with Crippen molar-refractivity contribution in [1.29, 1.82) is 0 Å². The highest BCUT2D eigenvalue weighted by Crippen LogP contribution is 1.97. The summed E-state index contributed by atoms with van der Waals surface area (Å²) in [5.41, 5.74) is 5.29. The first-order chi connectivity index (χ1) is 5.41. The largest absolute Gasteiger partial charge is 0.327 e. The maximum Gasteiger partial charge on any atom is 0.0106 e. The van der Waals surface area contributed by atoms with E-state index in [2.05, 4.69) is 25.2 Å². The molecule has 2 N–H and O–H groups in total. The van der Waals surface area contributed by atoms with Crippen molar-refractivity contribution in [2.24, 2.45) is 5.73 Å². The third-order valence-corrected chi connectivity index (χ3v) is 1.45. The van der Waals surface area contributed by atoms with Gasteiger partial charge in [0.1, 0.15) is 0 Å². The number of unbranched alkanes of at least 4 members (excludes halogenated alkanes) is 2. The van der Waals surface area contributed by atoms with Crippen LogP contribution in [0.4, 0.5) is 0 Å². The van der Waals surface area contributed by atoms with Crippen molar-refractivity contribution in [3.63, 3.8) is 0 Å². The van der Waals surface area contributed by atoms with E-state index in [1.165, 1.54) is 12.8 Å². The van der Waals surface area contributed by atoms with Crippen molar-refractivity contribution in [2.75, 3.05) is 6.54 Å². The molecule has 0 rings (SSSR count). The second-order valence-corrected chi connectivity index (χ2v) is 2.52. The van der Waals surface area contributed by atoms with Crippen LogP contribution in [0.1, 0.15) is 32.6 Å². The Hall–Kier alpha value is -0.560. The van der Waals surface area contributed by atoms with Gasteiger partial charge in [0.2, 0.25) is 0 Å². The van der Waals surface area contributed by atoms with Crippen LogP contribution in [0.2, 0.25) is 0 Å². The van der Waals surface area contributed by atoms with Crippen LogP contribution >= 0.6 is 0 Å². The van der Waals surface area contributed by atoms with E-state index in [4.69, 9.17) is 5.73 Å². The molecular formula is C10H19N. The highest BCUT2D eigenvalue weighted by molar-refractivity contribution is 4.85. The molecule has 1 heteroatoms. The first kappa shape index (κ1) is 10.4. The molecular weight excluding hydrogens is 134 g/mol. The van der Waals surface area contributed by atoms with E-state index in [1.807, 2.05) is 6.08 Å².